The average molecular weight is 306 g/mol. The van der Waals surface area contributed by atoms with E-state index in [2.05, 4.69) is 22.0 Å². The number of halogens is 1. The number of rotatable bonds is 5. The quantitative estimate of drug-likeness (QED) is 0.779. The van der Waals surface area contributed by atoms with Gasteiger partial charge in [0, 0.05) is 21.3 Å². The molecule has 1 rings (SSSR count). The van der Waals surface area contributed by atoms with Crippen molar-refractivity contribution < 1.29 is 17.7 Å². The molecule has 0 amide bonds. The van der Waals surface area contributed by atoms with Crippen molar-refractivity contribution in [3.8, 4) is 6.07 Å². The first-order chi connectivity index (χ1) is 7.65. The van der Waals surface area contributed by atoms with E-state index in [1.807, 2.05) is 0 Å². The minimum atomic E-state index is -3.07. The first-order valence-corrected chi connectivity index (χ1v) is 7.02. The first kappa shape index (κ1) is 13.4. The van der Waals surface area contributed by atoms with Crippen LogP contribution in [0.4, 0.5) is 0 Å². The van der Waals surface area contributed by atoms with Gasteiger partial charge in [0.05, 0.1) is 16.8 Å². The zero-order chi connectivity index (χ0) is 12.2. The van der Waals surface area contributed by atoms with Crippen LogP contribution in [0, 0.1) is 11.3 Å². The average Bonchev–Trinajstić information content (AvgIpc) is 2.72. The molecule has 1 unspecified atom stereocenters. The van der Waals surface area contributed by atoms with Gasteiger partial charge < -0.3 is 17.7 Å². The normalized spacial score (nSPS) is 13.4. The van der Waals surface area contributed by atoms with E-state index in [0.29, 0.717) is 10.2 Å². The lowest BCUT2D eigenvalue weighted by atomic mass is 10.3. The van der Waals surface area contributed by atoms with Crippen molar-refractivity contribution in [1.29, 1.82) is 5.26 Å². The third-order valence-electron chi connectivity index (χ3n) is 2.24. The highest BCUT2D eigenvalue weighted by molar-refractivity contribution is 9.10. The predicted octanol–water partition coefficient (Wildman–Crippen LogP) is 2.07. The highest BCUT2D eigenvalue weighted by Crippen LogP contribution is 2.33. The van der Waals surface area contributed by atoms with Gasteiger partial charge in [-0.25, -0.2) is 0 Å². The van der Waals surface area contributed by atoms with E-state index in [-0.39, 0.29) is 0 Å². The lowest BCUT2D eigenvalue weighted by molar-refractivity contribution is 0.115. The maximum absolute atomic E-state index is 9.22. The standard InChI is InChI=1S/C9H12BrNO4Si/c1-12-16(13-2,14-3)8(6-11)9-7(10)4-5-15-9/h4-5,8H,1-3H3. The molecule has 0 radical (unpaired) electrons. The van der Waals surface area contributed by atoms with Gasteiger partial charge in [0.25, 0.3) is 0 Å². The van der Waals surface area contributed by atoms with Crippen LogP contribution in [0.15, 0.2) is 21.2 Å². The van der Waals surface area contributed by atoms with Crippen LogP contribution in [0.3, 0.4) is 0 Å². The fraction of sp³-hybridized carbons (Fsp3) is 0.444. The van der Waals surface area contributed by atoms with Crippen molar-refractivity contribution in [3.63, 3.8) is 0 Å². The molecule has 88 valence electrons. The highest BCUT2D eigenvalue weighted by atomic mass is 79.9. The molecule has 7 heteroatoms. The van der Waals surface area contributed by atoms with Crippen LogP contribution in [-0.4, -0.2) is 30.1 Å². The first-order valence-electron chi connectivity index (χ1n) is 4.43. The van der Waals surface area contributed by atoms with Gasteiger partial charge in [-0.3, -0.25) is 0 Å². The molecule has 0 aliphatic heterocycles. The largest absolute Gasteiger partial charge is 0.526 e. The maximum Gasteiger partial charge on any atom is 0.526 e. The molecule has 1 heterocycles. The fourth-order valence-electron chi connectivity index (χ4n) is 1.41. The zero-order valence-electron chi connectivity index (χ0n) is 9.19. The van der Waals surface area contributed by atoms with Crippen LogP contribution < -0.4 is 0 Å². The lowest BCUT2D eigenvalue weighted by Crippen LogP contribution is -2.49. The van der Waals surface area contributed by atoms with Gasteiger partial charge in [-0.2, -0.15) is 5.26 Å². The zero-order valence-corrected chi connectivity index (χ0v) is 11.8. The monoisotopic (exact) mass is 305 g/mol. The van der Waals surface area contributed by atoms with E-state index < -0.39 is 14.3 Å². The van der Waals surface area contributed by atoms with Gasteiger partial charge in [0.15, 0.2) is 5.54 Å². The molecule has 0 saturated carbocycles. The van der Waals surface area contributed by atoms with E-state index in [4.69, 9.17) is 17.7 Å². The van der Waals surface area contributed by atoms with E-state index in [1.165, 1.54) is 27.6 Å². The summed E-state index contributed by atoms with van der Waals surface area (Å²) in [6, 6.07) is 3.81. The number of nitrogens with zero attached hydrogens (tertiary/aromatic N) is 1. The molecule has 0 spiro atoms. The Balaban J connectivity index is 3.16. The van der Waals surface area contributed by atoms with E-state index in [0.717, 1.165) is 0 Å². The number of furan rings is 1. The molecule has 0 N–H and O–H groups in total. The Labute approximate surface area is 103 Å². The number of nitriles is 1. The summed E-state index contributed by atoms with van der Waals surface area (Å²) in [5.41, 5.74) is -0.697. The molecule has 0 aromatic carbocycles. The number of hydrogen-bond donors (Lipinski definition) is 0. The summed E-state index contributed by atoms with van der Waals surface area (Å²) >= 11 is 3.30. The van der Waals surface area contributed by atoms with Gasteiger partial charge in [-0.05, 0) is 22.0 Å². The summed E-state index contributed by atoms with van der Waals surface area (Å²) < 4.78 is 21.7. The van der Waals surface area contributed by atoms with Gasteiger partial charge in [-0.1, -0.05) is 0 Å². The topological polar surface area (TPSA) is 64.6 Å². The Kier molecular flexibility index (Phi) is 4.70. The van der Waals surface area contributed by atoms with Crippen LogP contribution in [0.1, 0.15) is 11.3 Å². The Bertz CT molecular complexity index is 377. The predicted molar refractivity (Wildman–Crippen MR) is 61.5 cm³/mol. The summed E-state index contributed by atoms with van der Waals surface area (Å²) in [6.07, 6.45) is 1.49. The highest BCUT2D eigenvalue weighted by Gasteiger charge is 2.51. The number of hydrogen-bond acceptors (Lipinski definition) is 5. The van der Waals surface area contributed by atoms with Crippen LogP contribution in [0.2, 0.25) is 0 Å². The van der Waals surface area contributed by atoms with E-state index in [9.17, 15) is 5.26 Å². The molecule has 0 fully saturated rings. The lowest BCUT2D eigenvalue weighted by Gasteiger charge is -2.27. The van der Waals surface area contributed by atoms with Crippen molar-refractivity contribution in [1.82, 2.24) is 0 Å². The summed E-state index contributed by atoms with van der Waals surface area (Å²) in [5, 5.41) is 9.22. The van der Waals surface area contributed by atoms with E-state index >= 15 is 0 Å². The summed E-state index contributed by atoms with van der Waals surface area (Å²) in [5.74, 6) is 0.458. The summed E-state index contributed by atoms with van der Waals surface area (Å²) in [6.45, 7) is 0. The van der Waals surface area contributed by atoms with Crippen molar-refractivity contribution in [2.75, 3.05) is 21.3 Å². The smallest absolute Gasteiger partial charge is 0.467 e. The molecule has 1 atom stereocenters. The van der Waals surface area contributed by atoms with Crippen molar-refractivity contribution in [3.05, 3.63) is 22.6 Å². The van der Waals surface area contributed by atoms with Crippen LogP contribution in [0.5, 0.6) is 0 Å². The second kappa shape index (κ2) is 5.61. The Morgan fingerprint density at radius 3 is 2.25 bits per heavy atom. The van der Waals surface area contributed by atoms with Gasteiger partial charge in [-0.15, -0.1) is 0 Å². The molecule has 0 saturated heterocycles. The van der Waals surface area contributed by atoms with Gasteiger partial charge in [0.1, 0.15) is 5.76 Å². The maximum atomic E-state index is 9.22. The minimum absolute atomic E-state index is 0.458. The van der Waals surface area contributed by atoms with Crippen molar-refractivity contribution in [2.45, 2.75) is 5.54 Å². The molecule has 0 aliphatic carbocycles. The SMILES string of the molecule is CO[Si](OC)(OC)C(C#N)c1occc1Br. The van der Waals surface area contributed by atoms with E-state index in [1.54, 1.807) is 6.07 Å². The molecular formula is C9H12BrNO4Si. The summed E-state index contributed by atoms with van der Waals surface area (Å²) in [7, 11) is 1.31. The third-order valence-corrected chi connectivity index (χ3v) is 5.70. The molecular weight excluding hydrogens is 294 g/mol. The van der Waals surface area contributed by atoms with Crippen LogP contribution >= 0.6 is 15.9 Å². The molecule has 1 aromatic rings. The van der Waals surface area contributed by atoms with Gasteiger partial charge >= 0.3 is 8.80 Å². The summed E-state index contributed by atoms with van der Waals surface area (Å²) in [4.78, 5) is 0. The van der Waals surface area contributed by atoms with Crippen molar-refractivity contribution in [2.24, 2.45) is 0 Å². The van der Waals surface area contributed by atoms with Crippen molar-refractivity contribution >= 4 is 24.7 Å². The second-order valence-electron chi connectivity index (χ2n) is 2.91. The Morgan fingerprint density at radius 1 is 1.38 bits per heavy atom. The third kappa shape index (κ3) is 2.21. The Morgan fingerprint density at radius 2 is 1.94 bits per heavy atom. The second-order valence-corrected chi connectivity index (χ2v) is 6.77. The molecule has 16 heavy (non-hydrogen) atoms. The molecule has 0 bridgehead atoms. The molecule has 0 aliphatic rings. The minimum Gasteiger partial charge on any atom is -0.467 e. The Hall–Kier alpha value is -0.653. The fourth-order valence-corrected chi connectivity index (χ4v) is 3.96. The molecule has 1 aromatic heterocycles. The van der Waals surface area contributed by atoms with Crippen LogP contribution in [0.25, 0.3) is 0 Å². The molecule has 5 nitrogen and oxygen atoms in total. The van der Waals surface area contributed by atoms with Gasteiger partial charge in [0.2, 0.25) is 0 Å². The van der Waals surface area contributed by atoms with Crippen LogP contribution in [-0.2, 0) is 13.3 Å².